The molecule has 72 valence electrons. The van der Waals surface area contributed by atoms with Crippen molar-refractivity contribution in [2.75, 3.05) is 30.4 Å². The SMILES string of the molecule is CCN(CC)c1ccc(NC)cc1. The van der Waals surface area contributed by atoms with Gasteiger partial charge in [-0.1, -0.05) is 0 Å². The molecule has 0 unspecified atom stereocenters. The van der Waals surface area contributed by atoms with Gasteiger partial charge in [0.15, 0.2) is 0 Å². The molecule has 0 aliphatic rings. The van der Waals surface area contributed by atoms with Crippen molar-refractivity contribution in [3.05, 3.63) is 24.3 Å². The summed E-state index contributed by atoms with van der Waals surface area (Å²) in [5, 5.41) is 3.11. The van der Waals surface area contributed by atoms with E-state index in [1.54, 1.807) is 0 Å². The van der Waals surface area contributed by atoms with Crippen LogP contribution in [0.25, 0.3) is 0 Å². The predicted octanol–water partition coefficient (Wildman–Crippen LogP) is 2.57. The zero-order valence-electron chi connectivity index (χ0n) is 8.67. The van der Waals surface area contributed by atoms with Crippen LogP contribution in [0.15, 0.2) is 24.3 Å². The molecule has 0 amide bonds. The number of rotatable bonds is 4. The number of nitrogens with one attached hydrogen (secondary N) is 1. The molecule has 0 aliphatic heterocycles. The lowest BCUT2D eigenvalue weighted by molar-refractivity contribution is 0.866. The average molecular weight is 178 g/mol. The lowest BCUT2D eigenvalue weighted by Crippen LogP contribution is -2.21. The van der Waals surface area contributed by atoms with Crippen molar-refractivity contribution in [3.8, 4) is 0 Å². The van der Waals surface area contributed by atoms with Crippen LogP contribution in [-0.2, 0) is 0 Å². The van der Waals surface area contributed by atoms with Crippen LogP contribution in [0.1, 0.15) is 13.8 Å². The Balaban J connectivity index is 2.78. The lowest BCUT2D eigenvalue weighted by atomic mass is 10.2. The van der Waals surface area contributed by atoms with Gasteiger partial charge < -0.3 is 10.2 Å². The quantitative estimate of drug-likeness (QED) is 0.762. The van der Waals surface area contributed by atoms with Crippen LogP contribution in [0, 0.1) is 0 Å². The fraction of sp³-hybridized carbons (Fsp3) is 0.455. The second-order valence-electron chi connectivity index (χ2n) is 2.97. The van der Waals surface area contributed by atoms with Crippen molar-refractivity contribution in [2.24, 2.45) is 0 Å². The third kappa shape index (κ3) is 2.38. The van der Waals surface area contributed by atoms with E-state index < -0.39 is 0 Å². The first-order valence-electron chi connectivity index (χ1n) is 4.84. The topological polar surface area (TPSA) is 15.3 Å². The molecule has 1 aromatic rings. The van der Waals surface area contributed by atoms with E-state index in [1.165, 1.54) is 5.69 Å². The van der Waals surface area contributed by atoms with Gasteiger partial charge in [-0.05, 0) is 38.1 Å². The average Bonchev–Trinajstić information content (AvgIpc) is 2.21. The zero-order chi connectivity index (χ0) is 9.68. The molecule has 0 radical (unpaired) electrons. The molecule has 2 heteroatoms. The van der Waals surface area contributed by atoms with Gasteiger partial charge in [0, 0.05) is 31.5 Å². The molecule has 0 atom stereocenters. The molecule has 0 aromatic heterocycles. The van der Waals surface area contributed by atoms with Gasteiger partial charge in [0.2, 0.25) is 0 Å². The lowest BCUT2D eigenvalue weighted by Gasteiger charge is -2.21. The monoisotopic (exact) mass is 178 g/mol. The molecule has 13 heavy (non-hydrogen) atoms. The Morgan fingerprint density at radius 1 is 1.08 bits per heavy atom. The van der Waals surface area contributed by atoms with Gasteiger partial charge >= 0.3 is 0 Å². The summed E-state index contributed by atoms with van der Waals surface area (Å²) in [7, 11) is 1.94. The van der Waals surface area contributed by atoms with Crippen molar-refractivity contribution >= 4 is 11.4 Å². The van der Waals surface area contributed by atoms with E-state index in [-0.39, 0.29) is 0 Å². The molecule has 0 aliphatic carbocycles. The number of benzene rings is 1. The van der Waals surface area contributed by atoms with Crippen molar-refractivity contribution in [2.45, 2.75) is 13.8 Å². The van der Waals surface area contributed by atoms with E-state index in [0.29, 0.717) is 0 Å². The normalized spacial score (nSPS) is 9.77. The van der Waals surface area contributed by atoms with Gasteiger partial charge in [-0.3, -0.25) is 0 Å². The summed E-state index contributed by atoms with van der Waals surface area (Å²) in [6, 6.07) is 8.51. The first kappa shape index (κ1) is 9.90. The highest BCUT2D eigenvalue weighted by molar-refractivity contribution is 5.54. The van der Waals surface area contributed by atoms with Crippen LogP contribution in [0.5, 0.6) is 0 Å². The van der Waals surface area contributed by atoms with Gasteiger partial charge in [-0.2, -0.15) is 0 Å². The van der Waals surface area contributed by atoms with Crippen LogP contribution >= 0.6 is 0 Å². The van der Waals surface area contributed by atoms with Crippen LogP contribution in [-0.4, -0.2) is 20.1 Å². The first-order chi connectivity index (χ1) is 6.31. The third-order valence-corrected chi connectivity index (χ3v) is 2.28. The van der Waals surface area contributed by atoms with E-state index in [9.17, 15) is 0 Å². The molecule has 1 aromatic carbocycles. The van der Waals surface area contributed by atoms with Gasteiger partial charge in [0.25, 0.3) is 0 Å². The summed E-state index contributed by atoms with van der Waals surface area (Å²) in [6.45, 7) is 6.48. The summed E-state index contributed by atoms with van der Waals surface area (Å²) in [6.07, 6.45) is 0. The molecule has 2 nitrogen and oxygen atoms in total. The first-order valence-corrected chi connectivity index (χ1v) is 4.84. The molecule has 0 fully saturated rings. The van der Waals surface area contributed by atoms with Crippen LogP contribution in [0.4, 0.5) is 11.4 Å². The minimum atomic E-state index is 1.06. The Bertz CT molecular complexity index is 237. The molecule has 1 N–H and O–H groups in total. The van der Waals surface area contributed by atoms with Crippen molar-refractivity contribution in [3.63, 3.8) is 0 Å². The molecule has 0 heterocycles. The molecule has 0 bridgehead atoms. The summed E-state index contributed by atoms with van der Waals surface area (Å²) in [5.41, 5.74) is 2.46. The highest BCUT2D eigenvalue weighted by Crippen LogP contribution is 2.16. The van der Waals surface area contributed by atoms with E-state index in [4.69, 9.17) is 0 Å². The fourth-order valence-electron chi connectivity index (χ4n) is 1.43. The number of nitrogens with zero attached hydrogens (tertiary/aromatic N) is 1. The van der Waals surface area contributed by atoms with Crippen molar-refractivity contribution < 1.29 is 0 Å². The zero-order valence-corrected chi connectivity index (χ0v) is 8.67. The minimum Gasteiger partial charge on any atom is -0.388 e. The Morgan fingerprint density at radius 3 is 2.00 bits per heavy atom. The summed E-state index contributed by atoms with van der Waals surface area (Å²) < 4.78 is 0. The second kappa shape index (κ2) is 4.75. The summed E-state index contributed by atoms with van der Waals surface area (Å²) in [5.74, 6) is 0. The maximum atomic E-state index is 3.11. The Kier molecular flexibility index (Phi) is 3.62. The maximum Gasteiger partial charge on any atom is 0.0367 e. The highest BCUT2D eigenvalue weighted by atomic mass is 15.1. The number of anilines is 2. The Hall–Kier alpha value is -1.18. The van der Waals surface area contributed by atoms with Crippen molar-refractivity contribution in [1.82, 2.24) is 0 Å². The van der Waals surface area contributed by atoms with Gasteiger partial charge in [-0.25, -0.2) is 0 Å². The molecule has 1 rings (SSSR count). The maximum absolute atomic E-state index is 3.11. The smallest absolute Gasteiger partial charge is 0.0367 e. The van der Waals surface area contributed by atoms with E-state index >= 15 is 0 Å². The third-order valence-electron chi connectivity index (χ3n) is 2.28. The Morgan fingerprint density at radius 2 is 1.62 bits per heavy atom. The summed E-state index contributed by atoms with van der Waals surface area (Å²) in [4.78, 5) is 2.33. The van der Waals surface area contributed by atoms with Crippen LogP contribution < -0.4 is 10.2 Å². The molecule has 0 saturated carbocycles. The molecule has 0 saturated heterocycles. The van der Waals surface area contributed by atoms with E-state index in [2.05, 4.69) is 48.3 Å². The van der Waals surface area contributed by atoms with Crippen LogP contribution in [0.3, 0.4) is 0 Å². The molecular weight excluding hydrogens is 160 g/mol. The van der Waals surface area contributed by atoms with Crippen molar-refractivity contribution in [1.29, 1.82) is 0 Å². The number of hydrogen-bond acceptors (Lipinski definition) is 2. The fourth-order valence-corrected chi connectivity index (χ4v) is 1.43. The second-order valence-corrected chi connectivity index (χ2v) is 2.97. The summed E-state index contributed by atoms with van der Waals surface area (Å²) >= 11 is 0. The van der Waals surface area contributed by atoms with E-state index in [1.807, 2.05) is 7.05 Å². The largest absolute Gasteiger partial charge is 0.388 e. The molecular formula is C11H18N2. The van der Waals surface area contributed by atoms with Gasteiger partial charge in [0.05, 0.1) is 0 Å². The predicted molar refractivity (Wildman–Crippen MR) is 59.5 cm³/mol. The Labute approximate surface area is 80.6 Å². The molecule has 0 spiro atoms. The standard InChI is InChI=1S/C11H18N2/c1-4-13(5-2)11-8-6-10(12-3)7-9-11/h6-9,12H,4-5H2,1-3H3. The minimum absolute atomic E-state index is 1.06. The highest BCUT2D eigenvalue weighted by Gasteiger charge is 1.99. The van der Waals surface area contributed by atoms with Gasteiger partial charge in [-0.15, -0.1) is 0 Å². The van der Waals surface area contributed by atoms with E-state index in [0.717, 1.165) is 18.8 Å². The van der Waals surface area contributed by atoms with Gasteiger partial charge in [0.1, 0.15) is 0 Å². The van der Waals surface area contributed by atoms with Crippen LogP contribution in [0.2, 0.25) is 0 Å². The number of hydrogen-bond donors (Lipinski definition) is 1.